The van der Waals surface area contributed by atoms with E-state index in [9.17, 15) is 4.39 Å². The van der Waals surface area contributed by atoms with Crippen LogP contribution in [0.1, 0.15) is 0 Å². The van der Waals surface area contributed by atoms with E-state index in [1.165, 1.54) is 18.5 Å². The van der Waals surface area contributed by atoms with E-state index in [1.807, 2.05) is 0 Å². The van der Waals surface area contributed by atoms with Crippen LogP contribution >= 0.6 is 15.9 Å². The summed E-state index contributed by atoms with van der Waals surface area (Å²) >= 11 is 3.21. The van der Waals surface area contributed by atoms with Gasteiger partial charge in [0, 0.05) is 10.0 Å². The maximum absolute atomic E-state index is 12.7. The zero-order chi connectivity index (χ0) is 9.26. The number of halogens is 2. The quantitative estimate of drug-likeness (QED) is 0.772. The van der Waals surface area contributed by atoms with Gasteiger partial charge in [-0.2, -0.15) is 4.98 Å². The van der Waals surface area contributed by atoms with Gasteiger partial charge in [-0.15, -0.1) is 0 Å². The Morgan fingerprint density at radius 2 is 2.23 bits per heavy atom. The lowest BCUT2D eigenvalue weighted by molar-refractivity contribution is 0.418. The van der Waals surface area contributed by atoms with Crippen molar-refractivity contribution in [3.63, 3.8) is 0 Å². The lowest BCUT2D eigenvalue weighted by Gasteiger charge is -1.97. The molecule has 2 aromatic rings. The maximum atomic E-state index is 12.7. The van der Waals surface area contributed by atoms with Crippen LogP contribution in [0.4, 0.5) is 4.39 Å². The van der Waals surface area contributed by atoms with Gasteiger partial charge in [0.2, 0.25) is 12.2 Å². The Hall–Kier alpha value is -1.23. The Bertz CT molecular complexity index is 416. The van der Waals surface area contributed by atoms with Crippen LogP contribution in [0.2, 0.25) is 0 Å². The van der Waals surface area contributed by atoms with E-state index in [0.29, 0.717) is 15.9 Å². The molecule has 0 fully saturated rings. The minimum absolute atomic E-state index is 0.306. The standard InChI is InChI=1S/C8H4BrFN2O/c9-7-3-5(10)1-2-6(7)8-11-4-13-12-8/h1-4H. The summed E-state index contributed by atoms with van der Waals surface area (Å²) in [5.41, 5.74) is 0.704. The normalized spacial score (nSPS) is 10.3. The summed E-state index contributed by atoms with van der Waals surface area (Å²) in [7, 11) is 0. The van der Waals surface area contributed by atoms with E-state index in [0.717, 1.165) is 0 Å². The predicted molar refractivity (Wildman–Crippen MR) is 47.4 cm³/mol. The van der Waals surface area contributed by atoms with Crippen molar-refractivity contribution in [3.8, 4) is 11.4 Å². The molecule has 5 heteroatoms. The Morgan fingerprint density at radius 1 is 1.38 bits per heavy atom. The molecule has 0 saturated heterocycles. The average molecular weight is 243 g/mol. The second-order valence-electron chi connectivity index (χ2n) is 2.38. The number of aromatic nitrogens is 2. The highest BCUT2D eigenvalue weighted by molar-refractivity contribution is 9.10. The third-order valence-corrected chi connectivity index (χ3v) is 2.19. The third kappa shape index (κ3) is 1.60. The fourth-order valence-electron chi connectivity index (χ4n) is 0.960. The number of nitrogens with zero attached hydrogens (tertiary/aromatic N) is 2. The van der Waals surface area contributed by atoms with Crippen LogP contribution in [0.3, 0.4) is 0 Å². The van der Waals surface area contributed by atoms with E-state index in [1.54, 1.807) is 6.07 Å². The molecule has 0 atom stereocenters. The monoisotopic (exact) mass is 242 g/mol. The van der Waals surface area contributed by atoms with Gasteiger partial charge in [-0.05, 0) is 34.1 Å². The first kappa shape index (κ1) is 8.37. The third-order valence-electron chi connectivity index (χ3n) is 1.53. The molecule has 0 amide bonds. The summed E-state index contributed by atoms with van der Waals surface area (Å²) in [6.07, 6.45) is 1.23. The minimum Gasteiger partial charge on any atom is -0.342 e. The van der Waals surface area contributed by atoms with E-state index >= 15 is 0 Å². The molecule has 1 aromatic heterocycles. The highest BCUT2D eigenvalue weighted by Crippen LogP contribution is 2.25. The summed E-state index contributed by atoms with van der Waals surface area (Å²) in [5, 5.41) is 3.64. The van der Waals surface area contributed by atoms with Crippen molar-refractivity contribution in [1.29, 1.82) is 0 Å². The van der Waals surface area contributed by atoms with E-state index < -0.39 is 0 Å². The molecular weight excluding hydrogens is 239 g/mol. The van der Waals surface area contributed by atoms with Crippen LogP contribution in [0.5, 0.6) is 0 Å². The molecule has 0 aliphatic rings. The van der Waals surface area contributed by atoms with Crippen molar-refractivity contribution in [2.24, 2.45) is 0 Å². The van der Waals surface area contributed by atoms with E-state index in [4.69, 9.17) is 0 Å². The summed E-state index contributed by atoms with van der Waals surface area (Å²) in [4.78, 5) is 3.85. The number of benzene rings is 1. The molecule has 0 saturated carbocycles. The maximum Gasteiger partial charge on any atom is 0.214 e. The molecular formula is C8H4BrFN2O. The zero-order valence-electron chi connectivity index (χ0n) is 6.37. The van der Waals surface area contributed by atoms with Crippen LogP contribution in [0, 0.1) is 5.82 Å². The molecule has 2 rings (SSSR count). The van der Waals surface area contributed by atoms with Gasteiger partial charge in [0.05, 0.1) is 0 Å². The Morgan fingerprint density at radius 3 is 2.85 bits per heavy atom. The Balaban J connectivity index is 2.53. The van der Waals surface area contributed by atoms with Crippen molar-refractivity contribution in [2.45, 2.75) is 0 Å². The first-order chi connectivity index (χ1) is 6.27. The Kier molecular flexibility index (Phi) is 2.10. The van der Waals surface area contributed by atoms with Gasteiger partial charge >= 0.3 is 0 Å². The average Bonchev–Trinajstić information content (AvgIpc) is 2.56. The second-order valence-corrected chi connectivity index (χ2v) is 3.23. The molecule has 1 heterocycles. The van der Waals surface area contributed by atoms with Gasteiger partial charge in [-0.1, -0.05) is 5.16 Å². The first-order valence-electron chi connectivity index (χ1n) is 3.49. The lowest BCUT2D eigenvalue weighted by Crippen LogP contribution is -1.83. The van der Waals surface area contributed by atoms with E-state index in [-0.39, 0.29) is 5.82 Å². The zero-order valence-corrected chi connectivity index (χ0v) is 7.95. The highest BCUT2D eigenvalue weighted by atomic mass is 79.9. The largest absolute Gasteiger partial charge is 0.342 e. The summed E-state index contributed by atoms with van der Waals surface area (Å²) < 4.78 is 17.9. The van der Waals surface area contributed by atoms with Crippen molar-refractivity contribution in [2.75, 3.05) is 0 Å². The minimum atomic E-state index is -0.306. The van der Waals surface area contributed by atoms with Gasteiger partial charge in [0.25, 0.3) is 0 Å². The van der Waals surface area contributed by atoms with Gasteiger partial charge in [0.15, 0.2) is 0 Å². The molecule has 1 aromatic carbocycles. The molecule has 0 radical (unpaired) electrons. The van der Waals surface area contributed by atoms with Crippen LogP contribution in [0.25, 0.3) is 11.4 Å². The van der Waals surface area contributed by atoms with Gasteiger partial charge < -0.3 is 4.52 Å². The predicted octanol–water partition coefficient (Wildman–Crippen LogP) is 2.64. The molecule has 0 bridgehead atoms. The summed E-state index contributed by atoms with van der Waals surface area (Å²) in [6.45, 7) is 0. The van der Waals surface area contributed by atoms with Crippen molar-refractivity contribution in [1.82, 2.24) is 10.1 Å². The van der Waals surface area contributed by atoms with Crippen LogP contribution in [-0.2, 0) is 0 Å². The van der Waals surface area contributed by atoms with Crippen molar-refractivity contribution < 1.29 is 8.91 Å². The lowest BCUT2D eigenvalue weighted by atomic mass is 10.2. The highest BCUT2D eigenvalue weighted by Gasteiger charge is 2.07. The SMILES string of the molecule is Fc1ccc(-c2ncon2)c(Br)c1. The topological polar surface area (TPSA) is 38.9 Å². The molecule has 66 valence electrons. The van der Waals surface area contributed by atoms with E-state index in [2.05, 4.69) is 30.6 Å². The molecule has 13 heavy (non-hydrogen) atoms. The molecule has 0 aliphatic heterocycles. The van der Waals surface area contributed by atoms with Gasteiger partial charge in [0.1, 0.15) is 5.82 Å². The number of rotatable bonds is 1. The van der Waals surface area contributed by atoms with Crippen LogP contribution in [0.15, 0.2) is 33.6 Å². The van der Waals surface area contributed by atoms with Crippen molar-refractivity contribution >= 4 is 15.9 Å². The molecule has 0 spiro atoms. The first-order valence-corrected chi connectivity index (χ1v) is 4.28. The Labute approximate surface area is 81.7 Å². The fraction of sp³-hybridized carbons (Fsp3) is 0. The van der Waals surface area contributed by atoms with Crippen LogP contribution in [-0.4, -0.2) is 10.1 Å². The van der Waals surface area contributed by atoms with Crippen molar-refractivity contribution in [3.05, 3.63) is 34.9 Å². The summed E-state index contributed by atoms with van der Waals surface area (Å²) in [6, 6.07) is 4.28. The molecule has 3 nitrogen and oxygen atoms in total. The number of hydrogen-bond donors (Lipinski definition) is 0. The molecule has 0 aliphatic carbocycles. The van der Waals surface area contributed by atoms with Crippen LogP contribution < -0.4 is 0 Å². The molecule has 0 unspecified atom stereocenters. The van der Waals surface area contributed by atoms with Gasteiger partial charge in [-0.3, -0.25) is 0 Å². The fourth-order valence-corrected chi connectivity index (χ4v) is 1.49. The smallest absolute Gasteiger partial charge is 0.214 e. The summed E-state index contributed by atoms with van der Waals surface area (Å²) in [5.74, 6) is 0.131. The number of hydrogen-bond acceptors (Lipinski definition) is 3. The molecule has 0 N–H and O–H groups in total. The van der Waals surface area contributed by atoms with Gasteiger partial charge in [-0.25, -0.2) is 4.39 Å². The second kappa shape index (κ2) is 3.26.